The summed E-state index contributed by atoms with van der Waals surface area (Å²) in [6.07, 6.45) is 5.38. The Morgan fingerprint density at radius 1 is 1.42 bits per heavy atom. The molecule has 1 saturated heterocycles. The summed E-state index contributed by atoms with van der Waals surface area (Å²) in [5.41, 5.74) is 7.06. The van der Waals surface area contributed by atoms with E-state index in [1.165, 1.54) is 0 Å². The van der Waals surface area contributed by atoms with E-state index in [1.807, 2.05) is 13.0 Å². The van der Waals surface area contributed by atoms with Crippen molar-refractivity contribution in [3.05, 3.63) is 23.4 Å². The van der Waals surface area contributed by atoms with Gasteiger partial charge in [0, 0.05) is 18.3 Å². The van der Waals surface area contributed by atoms with Crippen LogP contribution in [0.1, 0.15) is 43.7 Å². The molecular weight excluding hydrogens is 238 g/mol. The molecule has 1 aliphatic heterocycles. The molecule has 4 heteroatoms. The van der Waals surface area contributed by atoms with Crippen LogP contribution in [0.4, 0.5) is 5.82 Å². The summed E-state index contributed by atoms with van der Waals surface area (Å²) in [6, 6.07) is 1.93. The van der Waals surface area contributed by atoms with Crippen LogP contribution >= 0.6 is 0 Å². The highest BCUT2D eigenvalue weighted by Gasteiger charge is 2.35. The molecule has 3 N–H and O–H groups in total. The minimum atomic E-state index is -0.815. The lowest BCUT2D eigenvalue weighted by atomic mass is 9.84. The number of nitrogens with zero attached hydrogens (tertiary/aromatic N) is 2. The second kappa shape index (κ2) is 5.88. The normalized spacial score (nSPS) is 25.2. The van der Waals surface area contributed by atoms with Gasteiger partial charge in [-0.25, -0.2) is 4.98 Å². The second-order valence-electron chi connectivity index (χ2n) is 5.61. The molecule has 0 aromatic carbocycles. The molecule has 19 heavy (non-hydrogen) atoms. The van der Waals surface area contributed by atoms with E-state index < -0.39 is 5.60 Å². The van der Waals surface area contributed by atoms with E-state index >= 15 is 0 Å². The van der Waals surface area contributed by atoms with Gasteiger partial charge in [0.05, 0.1) is 5.60 Å². The largest absolute Gasteiger partial charge is 0.385 e. The third-order valence-corrected chi connectivity index (χ3v) is 4.10. The number of nitrogen functional groups attached to an aromatic ring is 1. The van der Waals surface area contributed by atoms with Crippen molar-refractivity contribution < 1.29 is 5.11 Å². The molecule has 0 amide bonds. The molecule has 0 radical (unpaired) electrons. The van der Waals surface area contributed by atoms with Gasteiger partial charge in [-0.1, -0.05) is 6.92 Å². The van der Waals surface area contributed by atoms with E-state index in [2.05, 4.69) is 16.8 Å². The number of nitrogens with two attached hydrogens (primary N) is 1. The van der Waals surface area contributed by atoms with Gasteiger partial charge >= 0.3 is 0 Å². The zero-order valence-corrected chi connectivity index (χ0v) is 12.0. The number of rotatable bonds is 3. The van der Waals surface area contributed by atoms with E-state index in [4.69, 9.17) is 5.73 Å². The van der Waals surface area contributed by atoms with Gasteiger partial charge in [-0.05, 0) is 57.3 Å². The average molecular weight is 263 g/mol. The number of aryl methyl sites for hydroxylation is 1. The molecule has 1 aromatic heterocycles. The number of hydrogen-bond acceptors (Lipinski definition) is 4. The van der Waals surface area contributed by atoms with Gasteiger partial charge in [0.1, 0.15) is 5.82 Å². The summed E-state index contributed by atoms with van der Waals surface area (Å²) in [6.45, 7) is 7.30. The van der Waals surface area contributed by atoms with E-state index in [1.54, 1.807) is 6.20 Å². The second-order valence-corrected chi connectivity index (χ2v) is 5.61. The van der Waals surface area contributed by atoms with Crippen molar-refractivity contribution in [1.29, 1.82) is 0 Å². The zero-order chi connectivity index (χ0) is 13.9. The number of aromatic nitrogens is 1. The molecule has 0 spiro atoms. The summed E-state index contributed by atoms with van der Waals surface area (Å²) in [5, 5.41) is 11.0. The maximum atomic E-state index is 11.0. The van der Waals surface area contributed by atoms with Crippen molar-refractivity contribution in [3.63, 3.8) is 0 Å². The Labute approximate surface area is 115 Å². The number of hydrogen-bond donors (Lipinski definition) is 2. The van der Waals surface area contributed by atoms with Crippen molar-refractivity contribution in [2.24, 2.45) is 0 Å². The fraction of sp³-hybridized carbons (Fsp3) is 0.667. The molecule has 106 valence electrons. The van der Waals surface area contributed by atoms with Gasteiger partial charge in [0.15, 0.2) is 0 Å². The van der Waals surface area contributed by atoms with Crippen LogP contribution in [0.2, 0.25) is 0 Å². The highest BCUT2D eigenvalue weighted by molar-refractivity contribution is 5.47. The predicted molar refractivity (Wildman–Crippen MR) is 77.9 cm³/mol. The summed E-state index contributed by atoms with van der Waals surface area (Å²) < 4.78 is 0. The maximum Gasteiger partial charge on any atom is 0.129 e. The fourth-order valence-electron chi connectivity index (χ4n) is 3.15. The summed E-state index contributed by atoms with van der Waals surface area (Å²) >= 11 is 0. The Balaban J connectivity index is 2.23. The number of likely N-dealkylation sites (tertiary alicyclic amines) is 1. The van der Waals surface area contributed by atoms with Crippen molar-refractivity contribution in [2.45, 2.75) is 45.1 Å². The molecule has 1 fully saturated rings. The first-order chi connectivity index (χ1) is 9.07. The fourth-order valence-corrected chi connectivity index (χ4v) is 3.15. The molecule has 2 heterocycles. The van der Waals surface area contributed by atoms with Gasteiger partial charge in [-0.15, -0.1) is 0 Å². The average Bonchev–Trinajstić information content (AvgIpc) is 2.53. The zero-order valence-electron chi connectivity index (χ0n) is 12.0. The van der Waals surface area contributed by atoms with E-state index in [-0.39, 0.29) is 0 Å². The Bertz CT molecular complexity index is 415. The minimum absolute atomic E-state index is 0.478. The van der Waals surface area contributed by atoms with Crippen molar-refractivity contribution in [2.75, 3.05) is 25.4 Å². The first-order valence-electron chi connectivity index (χ1n) is 7.23. The first-order valence-corrected chi connectivity index (χ1v) is 7.23. The predicted octanol–water partition coefficient (Wildman–Crippen LogP) is 2.06. The lowest BCUT2D eigenvalue weighted by Crippen LogP contribution is -2.31. The topological polar surface area (TPSA) is 62.4 Å². The Kier molecular flexibility index (Phi) is 4.42. The van der Waals surface area contributed by atoms with Crippen LogP contribution in [0.25, 0.3) is 0 Å². The maximum absolute atomic E-state index is 11.0. The quantitative estimate of drug-likeness (QED) is 0.876. The van der Waals surface area contributed by atoms with Crippen LogP contribution in [-0.2, 0) is 5.60 Å². The van der Waals surface area contributed by atoms with E-state index in [0.29, 0.717) is 5.82 Å². The van der Waals surface area contributed by atoms with Crippen LogP contribution < -0.4 is 5.73 Å². The van der Waals surface area contributed by atoms with E-state index in [0.717, 1.165) is 56.4 Å². The van der Waals surface area contributed by atoms with Crippen LogP contribution in [0.3, 0.4) is 0 Å². The Morgan fingerprint density at radius 2 is 2.21 bits per heavy atom. The van der Waals surface area contributed by atoms with Crippen LogP contribution in [0, 0.1) is 6.92 Å². The third-order valence-electron chi connectivity index (χ3n) is 4.10. The van der Waals surface area contributed by atoms with Crippen LogP contribution in [0.5, 0.6) is 0 Å². The van der Waals surface area contributed by atoms with Gasteiger partial charge in [-0.2, -0.15) is 0 Å². The molecule has 1 aliphatic rings. The molecule has 1 aromatic rings. The number of pyridine rings is 1. The van der Waals surface area contributed by atoms with Crippen molar-refractivity contribution in [3.8, 4) is 0 Å². The summed E-state index contributed by atoms with van der Waals surface area (Å²) in [4.78, 5) is 6.58. The minimum Gasteiger partial charge on any atom is -0.385 e. The SMILES string of the molecule is CCCN1CCCC(O)(c2c(C)ccnc2N)CC1. The third kappa shape index (κ3) is 3.07. The standard InChI is InChI=1S/C15H25N3O/c1-3-9-18-10-4-6-15(19,7-11-18)13-12(2)5-8-17-14(13)16/h5,8,19H,3-4,6-7,9-11H2,1-2H3,(H2,16,17). The van der Waals surface area contributed by atoms with E-state index in [9.17, 15) is 5.11 Å². The first kappa shape index (κ1) is 14.3. The lowest BCUT2D eigenvalue weighted by Gasteiger charge is -2.29. The molecule has 1 atom stereocenters. The van der Waals surface area contributed by atoms with Gasteiger partial charge < -0.3 is 15.7 Å². The van der Waals surface area contributed by atoms with Crippen molar-refractivity contribution in [1.82, 2.24) is 9.88 Å². The summed E-state index contributed by atoms with van der Waals surface area (Å²) in [5.74, 6) is 0.478. The monoisotopic (exact) mass is 263 g/mol. The lowest BCUT2D eigenvalue weighted by molar-refractivity contribution is 0.0211. The van der Waals surface area contributed by atoms with Gasteiger partial charge in [-0.3, -0.25) is 0 Å². The molecule has 2 rings (SSSR count). The smallest absolute Gasteiger partial charge is 0.129 e. The molecule has 0 bridgehead atoms. The molecule has 4 nitrogen and oxygen atoms in total. The highest BCUT2D eigenvalue weighted by atomic mass is 16.3. The number of aliphatic hydroxyl groups is 1. The molecule has 1 unspecified atom stereocenters. The molecule has 0 aliphatic carbocycles. The molecule has 0 saturated carbocycles. The molecular formula is C15H25N3O. The Hall–Kier alpha value is -1.13. The van der Waals surface area contributed by atoms with Gasteiger partial charge in [0.25, 0.3) is 0 Å². The van der Waals surface area contributed by atoms with Crippen molar-refractivity contribution >= 4 is 5.82 Å². The number of anilines is 1. The van der Waals surface area contributed by atoms with Crippen LogP contribution in [0.15, 0.2) is 12.3 Å². The highest BCUT2D eigenvalue weighted by Crippen LogP contribution is 2.37. The van der Waals surface area contributed by atoms with Gasteiger partial charge in [0.2, 0.25) is 0 Å². The van der Waals surface area contributed by atoms with Crippen LogP contribution in [-0.4, -0.2) is 34.6 Å². The summed E-state index contributed by atoms with van der Waals surface area (Å²) in [7, 11) is 0. The Morgan fingerprint density at radius 3 is 2.89 bits per heavy atom.